The highest BCUT2D eigenvalue weighted by molar-refractivity contribution is 7.92. The third-order valence-corrected chi connectivity index (χ3v) is 5.57. The molecule has 0 aliphatic carbocycles. The van der Waals surface area contributed by atoms with Crippen LogP contribution >= 0.6 is 0 Å². The topological polar surface area (TPSA) is 99.0 Å². The third-order valence-electron chi connectivity index (χ3n) is 4.20. The van der Waals surface area contributed by atoms with Gasteiger partial charge in [-0.05, 0) is 48.5 Å². The maximum absolute atomic E-state index is 12.9. The number of halogens is 3. The Kier molecular flexibility index (Phi) is 5.53. The molecule has 0 unspecified atom stereocenters. The lowest BCUT2D eigenvalue weighted by Crippen LogP contribution is -2.14. The molecule has 2 aromatic heterocycles. The van der Waals surface area contributed by atoms with Gasteiger partial charge in [-0.1, -0.05) is 6.07 Å². The molecule has 0 fully saturated rings. The fourth-order valence-corrected chi connectivity index (χ4v) is 3.77. The van der Waals surface area contributed by atoms with Crippen molar-refractivity contribution in [2.24, 2.45) is 0 Å². The maximum Gasteiger partial charge on any atom is 0.416 e. The van der Waals surface area contributed by atoms with Gasteiger partial charge in [0.05, 0.1) is 10.5 Å². The van der Waals surface area contributed by atoms with Gasteiger partial charge in [-0.3, -0.25) is 9.29 Å². The molecule has 8 nitrogen and oxygen atoms in total. The molecule has 0 aliphatic rings. The number of nitrogens with zero attached hydrogens (tertiary/aromatic N) is 4. The first-order chi connectivity index (χ1) is 15.2. The molecule has 164 valence electrons. The van der Waals surface area contributed by atoms with Crippen molar-refractivity contribution in [3.05, 3.63) is 84.9 Å². The molecule has 12 heteroatoms. The van der Waals surface area contributed by atoms with Gasteiger partial charge in [0.1, 0.15) is 12.1 Å². The van der Waals surface area contributed by atoms with E-state index < -0.39 is 26.7 Å². The second-order valence-electron chi connectivity index (χ2n) is 6.46. The standard InChI is InChI=1S/C20H14F3N5O3S/c21-20(22,23)14-2-1-3-17(12-14)32(29,30)27-15-4-6-16(7-5-15)31-19-9-8-18(25-26-19)28-11-10-24-13-28/h1-13,27H. The molecule has 0 saturated heterocycles. The van der Waals surface area contributed by atoms with Crippen LogP contribution in [0.3, 0.4) is 0 Å². The lowest BCUT2D eigenvalue weighted by Gasteiger charge is -2.11. The molecule has 0 spiro atoms. The van der Waals surface area contributed by atoms with Crippen LogP contribution in [-0.4, -0.2) is 28.2 Å². The summed E-state index contributed by atoms with van der Waals surface area (Å²) < 4.78 is 73.0. The molecule has 0 radical (unpaired) electrons. The lowest BCUT2D eigenvalue weighted by molar-refractivity contribution is -0.137. The number of ether oxygens (including phenoxy) is 1. The minimum Gasteiger partial charge on any atom is -0.438 e. The van der Waals surface area contributed by atoms with Gasteiger partial charge in [0.15, 0.2) is 5.82 Å². The van der Waals surface area contributed by atoms with Crippen molar-refractivity contribution >= 4 is 15.7 Å². The van der Waals surface area contributed by atoms with Gasteiger partial charge in [0.25, 0.3) is 10.0 Å². The summed E-state index contributed by atoms with van der Waals surface area (Å²) in [4.78, 5) is 3.42. The quantitative estimate of drug-likeness (QED) is 0.460. The third kappa shape index (κ3) is 4.86. The molecule has 32 heavy (non-hydrogen) atoms. The van der Waals surface area contributed by atoms with Crippen molar-refractivity contribution < 1.29 is 26.3 Å². The van der Waals surface area contributed by atoms with Crippen molar-refractivity contribution in [3.8, 4) is 17.4 Å². The fraction of sp³-hybridized carbons (Fsp3) is 0.0500. The summed E-state index contributed by atoms with van der Waals surface area (Å²) in [6.07, 6.45) is 0.243. The number of hydrogen-bond donors (Lipinski definition) is 1. The van der Waals surface area contributed by atoms with Crippen LogP contribution < -0.4 is 9.46 Å². The molecule has 0 bridgehead atoms. The van der Waals surface area contributed by atoms with E-state index >= 15 is 0 Å². The Morgan fingerprint density at radius 1 is 0.969 bits per heavy atom. The molecule has 2 aromatic carbocycles. The van der Waals surface area contributed by atoms with Gasteiger partial charge in [0.2, 0.25) is 5.88 Å². The number of hydrogen-bond acceptors (Lipinski definition) is 6. The fourth-order valence-electron chi connectivity index (χ4n) is 2.67. The number of anilines is 1. The van der Waals surface area contributed by atoms with Crippen LogP contribution in [0, 0.1) is 0 Å². The zero-order valence-corrected chi connectivity index (χ0v) is 16.9. The van der Waals surface area contributed by atoms with Crippen LogP contribution in [0.25, 0.3) is 5.82 Å². The number of rotatable bonds is 6. The van der Waals surface area contributed by atoms with Gasteiger partial charge < -0.3 is 4.74 Å². The highest BCUT2D eigenvalue weighted by atomic mass is 32.2. The minimum atomic E-state index is -4.65. The van der Waals surface area contributed by atoms with E-state index in [0.717, 1.165) is 18.2 Å². The van der Waals surface area contributed by atoms with Gasteiger partial charge >= 0.3 is 6.18 Å². The van der Waals surface area contributed by atoms with Crippen LogP contribution in [0.5, 0.6) is 11.6 Å². The summed E-state index contributed by atoms with van der Waals surface area (Å²) in [5, 5.41) is 7.97. The van der Waals surface area contributed by atoms with Crippen molar-refractivity contribution in [3.63, 3.8) is 0 Å². The molecule has 2 heterocycles. The van der Waals surface area contributed by atoms with Gasteiger partial charge in [-0.2, -0.15) is 13.2 Å². The summed E-state index contributed by atoms with van der Waals surface area (Å²) in [5.41, 5.74) is -0.902. The second kappa shape index (κ2) is 8.30. The second-order valence-corrected chi connectivity index (χ2v) is 8.14. The summed E-state index contributed by atoms with van der Waals surface area (Å²) in [6.45, 7) is 0. The maximum atomic E-state index is 12.9. The molecule has 0 aliphatic heterocycles. The van der Waals surface area contributed by atoms with E-state index in [1.807, 2.05) is 0 Å². The van der Waals surface area contributed by atoms with E-state index in [2.05, 4.69) is 19.9 Å². The number of imidazole rings is 1. The highest BCUT2D eigenvalue weighted by Gasteiger charge is 2.31. The Hall–Kier alpha value is -3.93. The van der Waals surface area contributed by atoms with Crippen LogP contribution in [0.15, 0.2) is 84.3 Å². The molecular weight excluding hydrogens is 447 g/mol. The summed E-state index contributed by atoms with van der Waals surface area (Å²) in [6, 6.07) is 12.6. The van der Waals surface area contributed by atoms with E-state index in [1.54, 1.807) is 35.4 Å². The average Bonchev–Trinajstić information content (AvgIpc) is 3.30. The Balaban J connectivity index is 1.45. The average molecular weight is 461 g/mol. The number of alkyl halides is 3. The molecule has 4 aromatic rings. The minimum absolute atomic E-state index is 0.149. The van der Waals surface area contributed by atoms with E-state index in [-0.39, 0.29) is 11.6 Å². The van der Waals surface area contributed by atoms with Crippen LogP contribution in [0.1, 0.15) is 5.56 Å². The van der Waals surface area contributed by atoms with Crippen molar-refractivity contribution in [2.75, 3.05) is 4.72 Å². The van der Waals surface area contributed by atoms with E-state index in [4.69, 9.17) is 4.74 Å². The predicted octanol–water partition coefficient (Wildman–Crippen LogP) is 4.27. The van der Waals surface area contributed by atoms with Crippen molar-refractivity contribution in [1.29, 1.82) is 0 Å². The summed E-state index contributed by atoms with van der Waals surface area (Å²) in [5.74, 6) is 1.12. The first-order valence-electron chi connectivity index (χ1n) is 9.01. The molecule has 0 saturated carbocycles. The number of aromatic nitrogens is 4. The molecular formula is C20H14F3N5O3S. The normalized spacial score (nSPS) is 11.8. The first-order valence-corrected chi connectivity index (χ1v) is 10.5. The van der Waals surface area contributed by atoms with Crippen molar-refractivity contribution in [2.45, 2.75) is 11.1 Å². The van der Waals surface area contributed by atoms with Crippen LogP contribution in [-0.2, 0) is 16.2 Å². The summed E-state index contributed by atoms with van der Waals surface area (Å²) >= 11 is 0. The van der Waals surface area contributed by atoms with Crippen LogP contribution in [0.4, 0.5) is 18.9 Å². The van der Waals surface area contributed by atoms with Gasteiger partial charge in [0, 0.05) is 24.1 Å². The smallest absolute Gasteiger partial charge is 0.416 e. The Morgan fingerprint density at radius 2 is 1.75 bits per heavy atom. The first kappa shape index (κ1) is 21.3. The monoisotopic (exact) mass is 461 g/mol. The Morgan fingerprint density at radius 3 is 2.38 bits per heavy atom. The highest BCUT2D eigenvalue weighted by Crippen LogP contribution is 2.31. The van der Waals surface area contributed by atoms with E-state index in [0.29, 0.717) is 17.6 Å². The lowest BCUT2D eigenvalue weighted by atomic mass is 10.2. The van der Waals surface area contributed by atoms with E-state index in [9.17, 15) is 21.6 Å². The number of nitrogens with one attached hydrogen (secondary N) is 1. The van der Waals surface area contributed by atoms with Crippen molar-refractivity contribution in [1.82, 2.24) is 19.7 Å². The largest absolute Gasteiger partial charge is 0.438 e. The summed E-state index contributed by atoms with van der Waals surface area (Å²) in [7, 11) is -4.21. The number of sulfonamides is 1. The molecule has 0 atom stereocenters. The molecule has 0 amide bonds. The SMILES string of the molecule is O=S(=O)(Nc1ccc(Oc2ccc(-n3ccnc3)nn2)cc1)c1cccc(C(F)(F)F)c1. The van der Waals surface area contributed by atoms with Crippen LogP contribution in [0.2, 0.25) is 0 Å². The Labute approximate surface area is 180 Å². The van der Waals surface area contributed by atoms with Gasteiger partial charge in [-0.25, -0.2) is 13.4 Å². The number of benzene rings is 2. The predicted molar refractivity (Wildman–Crippen MR) is 108 cm³/mol. The zero-order chi connectivity index (χ0) is 22.8. The zero-order valence-electron chi connectivity index (χ0n) is 16.1. The molecule has 4 rings (SSSR count). The van der Waals surface area contributed by atoms with E-state index in [1.165, 1.54) is 24.3 Å². The molecule has 1 N–H and O–H groups in total. The van der Waals surface area contributed by atoms with Gasteiger partial charge in [-0.15, -0.1) is 10.2 Å². The Bertz CT molecular complexity index is 1310.